The van der Waals surface area contributed by atoms with Gasteiger partial charge in [0.15, 0.2) is 22.2 Å². The Hall–Kier alpha value is -1.49. The number of nitrogens with zero attached hydrogens (tertiary/aromatic N) is 1. The molecule has 28 heavy (non-hydrogen) atoms. The first-order valence-corrected chi connectivity index (χ1v) is 12.3. The Balaban J connectivity index is 1.67. The number of pyridine rings is 1. The summed E-state index contributed by atoms with van der Waals surface area (Å²) in [7, 11) is 0. The summed E-state index contributed by atoms with van der Waals surface area (Å²) in [6.07, 6.45) is 0. The number of aromatic nitrogens is 1. The van der Waals surface area contributed by atoms with E-state index in [-0.39, 0.29) is 0 Å². The third-order valence-electron chi connectivity index (χ3n) is 3.69. The summed E-state index contributed by atoms with van der Waals surface area (Å²) in [6.45, 7) is 0. The maximum absolute atomic E-state index is 11.4. The predicted molar refractivity (Wildman–Crippen MR) is 114 cm³/mol. The van der Waals surface area contributed by atoms with Crippen molar-refractivity contribution in [1.82, 2.24) is 4.98 Å². The van der Waals surface area contributed by atoms with Gasteiger partial charge in [0.05, 0.1) is 21.2 Å². The second kappa shape index (κ2) is 10.3. The van der Waals surface area contributed by atoms with Crippen molar-refractivity contribution in [2.45, 2.75) is 31.1 Å². The Morgan fingerprint density at radius 3 is 1.54 bits per heavy atom. The van der Waals surface area contributed by atoms with Gasteiger partial charge < -0.3 is 9.11 Å². The van der Waals surface area contributed by atoms with E-state index >= 15 is 0 Å². The lowest BCUT2D eigenvalue weighted by Crippen LogP contribution is -1.95. The Morgan fingerprint density at radius 2 is 1.11 bits per heavy atom. The molecule has 0 bridgehead atoms. The number of hydrogen-bond acceptors (Lipinski definition) is 5. The lowest BCUT2D eigenvalue weighted by atomic mass is 10.3. The van der Waals surface area contributed by atoms with Gasteiger partial charge in [-0.05, 0) is 36.4 Å². The number of rotatable bonds is 8. The van der Waals surface area contributed by atoms with Crippen molar-refractivity contribution >= 4 is 45.7 Å². The van der Waals surface area contributed by atoms with Crippen molar-refractivity contribution in [3.8, 4) is 0 Å². The van der Waals surface area contributed by atoms with Gasteiger partial charge in [-0.3, -0.25) is 4.98 Å². The van der Waals surface area contributed by atoms with Crippen molar-refractivity contribution in [1.29, 1.82) is 0 Å². The molecular weight excluding hydrogens is 434 g/mol. The van der Waals surface area contributed by atoms with E-state index in [0.29, 0.717) is 21.3 Å². The highest BCUT2D eigenvalue weighted by Crippen LogP contribution is 2.29. The highest BCUT2D eigenvalue weighted by molar-refractivity contribution is 7.99. The molecular formula is C19H17NO4S4. The molecule has 2 atom stereocenters. The third kappa shape index (κ3) is 5.76. The number of benzene rings is 2. The van der Waals surface area contributed by atoms with Crippen LogP contribution in [0.5, 0.6) is 0 Å². The van der Waals surface area contributed by atoms with E-state index in [1.165, 1.54) is 23.5 Å². The zero-order valence-electron chi connectivity index (χ0n) is 14.6. The Labute approximate surface area is 176 Å². The summed E-state index contributed by atoms with van der Waals surface area (Å²) >= 11 is -1.12. The fraction of sp³-hybridized carbons (Fsp3) is 0.105. The molecule has 1 heterocycles. The number of hydrogen-bond donors (Lipinski definition) is 2. The molecule has 0 saturated carbocycles. The van der Waals surface area contributed by atoms with Gasteiger partial charge in [-0.2, -0.15) is 0 Å². The molecule has 0 amide bonds. The molecule has 0 aliphatic carbocycles. The fourth-order valence-corrected chi connectivity index (χ4v) is 5.77. The van der Waals surface area contributed by atoms with Crippen molar-refractivity contribution in [2.24, 2.45) is 0 Å². The quantitative estimate of drug-likeness (QED) is 0.375. The molecule has 0 spiro atoms. The molecule has 0 saturated heterocycles. The molecule has 3 rings (SSSR count). The largest absolute Gasteiger partial charge is 0.302 e. The van der Waals surface area contributed by atoms with Crippen LogP contribution in [0.15, 0.2) is 86.3 Å². The van der Waals surface area contributed by atoms with E-state index < -0.39 is 22.2 Å². The molecule has 5 nitrogen and oxygen atoms in total. The number of thioether (sulfide) groups is 2. The second-order valence-electron chi connectivity index (χ2n) is 5.59. The third-order valence-corrected chi connectivity index (χ3v) is 7.63. The van der Waals surface area contributed by atoms with Crippen LogP contribution < -0.4 is 0 Å². The minimum Gasteiger partial charge on any atom is -0.302 e. The van der Waals surface area contributed by atoms with E-state index in [1.807, 2.05) is 42.5 Å². The molecule has 2 N–H and O–H groups in total. The van der Waals surface area contributed by atoms with Crippen LogP contribution in [0.3, 0.4) is 0 Å². The monoisotopic (exact) mass is 451 g/mol. The van der Waals surface area contributed by atoms with Gasteiger partial charge in [0.1, 0.15) is 0 Å². The van der Waals surface area contributed by atoms with E-state index in [0.717, 1.165) is 21.2 Å². The first-order valence-electron chi connectivity index (χ1n) is 8.15. The molecule has 0 aliphatic heterocycles. The predicted octanol–water partition coefficient (Wildman–Crippen LogP) is 4.83. The zero-order valence-corrected chi connectivity index (χ0v) is 17.8. The van der Waals surface area contributed by atoms with Gasteiger partial charge in [0.2, 0.25) is 0 Å². The van der Waals surface area contributed by atoms with Crippen molar-refractivity contribution in [3.63, 3.8) is 0 Å². The second-order valence-corrected chi connectivity index (χ2v) is 9.50. The smallest absolute Gasteiger partial charge is 0.187 e. The summed E-state index contributed by atoms with van der Waals surface area (Å²) in [5.74, 6) is 1.15. The molecule has 0 radical (unpaired) electrons. The summed E-state index contributed by atoms with van der Waals surface area (Å²) in [5.41, 5.74) is 1.72. The summed E-state index contributed by atoms with van der Waals surface area (Å²) in [6, 6.07) is 19.8. The summed E-state index contributed by atoms with van der Waals surface area (Å²) in [4.78, 5) is 6.93. The first-order chi connectivity index (χ1) is 13.5. The Bertz CT molecular complexity index is 936. The van der Waals surface area contributed by atoms with Gasteiger partial charge in [-0.1, -0.05) is 30.3 Å². The summed E-state index contributed by atoms with van der Waals surface area (Å²) < 4.78 is 41.6. The van der Waals surface area contributed by atoms with Gasteiger partial charge in [-0.15, -0.1) is 23.5 Å². The SMILES string of the molecule is O=S(O)c1ccccc1SCc1cccc(CSc2ccccc2S(=O)O)n1. The van der Waals surface area contributed by atoms with Gasteiger partial charge >= 0.3 is 0 Å². The van der Waals surface area contributed by atoms with Crippen LogP contribution in [0.1, 0.15) is 11.4 Å². The molecule has 2 unspecified atom stereocenters. The minimum atomic E-state index is -2.02. The van der Waals surface area contributed by atoms with Crippen LogP contribution in [0.2, 0.25) is 0 Å². The van der Waals surface area contributed by atoms with Crippen molar-refractivity contribution < 1.29 is 17.5 Å². The van der Waals surface area contributed by atoms with Crippen LogP contribution in [-0.2, 0) is 33.7 Å². The van der Waals surface area contributed by atoms with Crippen molar-refractivity contribution in [2.75, 3.05) is 0 Å². The van der Waals surface area contributed by atoms with Gasteiger partial charge in [0.25, 0.3) is 0 Å². The lowest BCUT2D eigenvalue weighted by molar-refractivity contribution is 0.560. The highest BCUT2D eigenvalue weighted by Gasteiger charge is 2.10. The van der Waals surface area contributed by atoms with Gasteiger partial charge in [0, 0.05) is 21.3 Å². The molecule has 2 aromatic carbocycles. The van der Waals surface area contributed by atoms with Crippen LogP contribution in [-0.4, -0.2) is 22.5 Å². The Morgan fingerprint density at radius 1 is 0.679 bits per heavy atom. The standard InChI is InChI=1S/C19H17NO4S4/c21-27(22)18-10-3-1-8-16(18)25-12-14-6-5-7-15(20-14)13-26-17-9-2-4-11-19(17)28(23)24/h1-11H,12-13H2,(H,21,22)(H,23,24). The van der Waals surface area contributed by atoms with Gasteiger partial charge in [-0.25, -0.2) is 8.42 Å². The normalized spacial score (nSPS) is 13.2. The van der Waals surface area contributed by atoms with E-state index in [2.05, 4.69) is 4.98 Å². The van der Waals surface area contributed by atoms with E-state index in [4.69, 9.17) is 0 Å². The van der Waals surface area contributed by atoms with Crippen LogP contribution in [0.25, 0.3) is 0 Å². The average molecular weight is 452 g/mol. The topological polar surface area (TPSA) is 87.5 Å². The fourth-order valence-electron chi connectivity index (χ4n) is 2.42. The van der Waals surface area contributed by atoms with Crippen molar-refractivity contribution in [3.05, 3.63) is 78.1 Å². The Kier molecular flexibility index (Phi) is 7.83. The molecule has 9 heteroatoms. The molecule has 1 aromatic heterocycles. The lowest BCUT2D eigenvalue weighted by Gasteiger charge is -2.08. The van der Waals surface area contributed by atoms with E-state index in [9.17, 15) is 17.5 Å². The summed E-state index contributed by atoms with van der Waals surface area (Å²) in [5, 5.41) is 0. The maximum Gasteiger partial charge on any atom is 0.187 e. The molecule has 0 aliphatic rings. The molecule has 0 fully saturated rings. The average Bonchev–Trinajstić information content (AvgIpc) is 2.71. The maximum atomic E-state index is 11.4. The van der Waals surface area contributed by atoms with Crippen LogP contribution >= 0.6 is 23.5 Å². The minimum absolute atomic E-state index is 0.396. The van der Waals surface area contributed by atoms with Crippen LogP contribution in [0.4, 0.5) is 0 Å². The zero-order chi connectivity index (χ0) is 19.9. The van der Waals surface area contributed by atoms with E-state index in [1.54, 1.807) is 24.3 Å². The first kappa shape index (κ1) is 21.2. The molecule has 3 aromatic rings. The van der Waals surface area contributed by atoms with Crippen LogP contribution in [0, 0.1) is 0 Å². The highest BCUT2D eigenvalue weighted by atomic mass is 32.2. The molecule has 146 valence electrons.